The lowest BCUT2D eigenvalue weighted by Crippen LogP contribution is -1.99. The molecule has 18 heavy (non-hydrogen) atoms. The average molecular weight is 257 g/mol. The molecule has 0 radical (unpaired) electrons. The molecular formula is C14H15N3S. The highest BCUT2D eigenvalue weighted by molar-refractivity contribution is 7.98. The molecule has 4 heteroatoms. The van der Waals surface area contributed by atoms with Gasteiger partial charge in [0.25, 0.3) is 0 Å². The van der Waals surface area contributed by atoms with Gasteiger partial charge < -0.3 is 4.57 Å². The van der Waals surface area contributed by atoms with Crippen molar-refractivity contribution in [3.8, 4) is 0 Å². The third-order valence-corrected chi connectivity index (χ3v) is 3.71. The molecule has 0 saturated carbocycles. The molecule has 0 N–H and O–H groups in total. The SMILES string of the molecule is CSc1ncc2ccc3ccn(C(C)C)c3c2n1. The highest BCUT2D eigenvalue weighted by Crippen LogP contribution is 2.27. The lowest BCUT2D eigenvalue weighted by molar-refractivity contribution is 0.624. The third-order valence-electron chi connectivity index (χ3n) is 3.15. The highest BCUT2D eigenvalue weighted by Gasteiger charge is 2.10. The molecule has 0 amide bonds. The molecule has 0 aliphatic carbocycles. The van der Waals surface area contributed by atoms with Gasteiger partial charge in [-0.2, -0.15) is 0 Å². The number of thioether (sulfide) groups is 1. The Kier molecular flexibility index (Phi) is 2.74. The molecule has 0 unspecified atom stereocenters. The van der Waals surface area contributed by atoms with Gasteiger partial charge in [0.2, 0.25) is 0 Å². The van der Waals surface area contributed by atoms with Gasteiger partial charge in [-0.3, -0.25) is 0 Å². The van der Waals surface area contributed by atoms with Crippen LogP contribution in [0.1, 0.15) is 19.9 Å². The average Bonchev–Trinajstić information content (AvgIpc) is 2.82. The summed E-state index contributed by atoms with van der Waals surface area (Å²) in [5, 5.41) is 3.16. The van der Waals surface area contributed by atoms with E-state index in [9.17, 15) is 0 Å². The van der Waals surface area contributed by atoms with Crippen molar-refractivity contribution in [3.05, 3.63) is 30.6 Å². The van der Waals surface area contributed by atoms with Crippen molar-refractivity contribution < 1.29 is 0 Å². The molecule has 0 atom stereocenters. The van der Waals surface area contributed by atoms with Crippen LogP contribution in [0.5, 0.6) is 0 Å². The Labute approximate surface area is 110 Å². The first kappa shape index (κ1) is 11.5. The van der Waals surface area contributed by atoms with E-state index in [-0.39, 0.29) is 0 Å². The zero-order valence-electron chi connectivity index (χ0n) is 10.7. The molecule has 0 fully saturated rings. The van der Waals surface area contributed by atoms with E-state index in [4.69, 9.17) is 0 Å². The molecule has 3 aromatic rings. The Balaban J connectivity index is 2.44. The largest absolute Gasteiger partial charge is 0.343 e. The van der Waals surface area contributed by atoms with E-state index in [0.717, 1.165) is 16.1 Å². The van der Waals surface area contributed by atoms with Crippen LogP contribution in [-0.4, -0.2) is 20.8 Å². The Morgan fingerprint density at radius 2 is 1.94 bits per heavy atom. The zero-order valence-corrected chi connectivity index (χ0v) is 11.5. The fraction of sp³-hybridized carbons (Fsp3) is 0.286. The quantitative estimate of drug-likeness (QED) is 0.515. The first-order valence-electron chi connectivity index (χ1n) is 6.01. The fourth-order valence-corrected chi connectivity index (χ4v) is 2.59. The molecule has 0 aliphatic heterocycles. The van der Waals surface area contributed by atoms with Crippen LogP contribution in [-0.2, 0) is 0 Å². The van der Waals surface area contributed by atoms with E-state index in [1.54, 1.807) is 11.8 Å². The first-order valence-corrected chi connectivity index (χ1v) is 7.23. The van der Waals surface area contributed by atoms with E-state index in [2.05, 4.69) is 52.8 Å². The van der Waals surface area contributed by atoms with Crippen LogP contribution in [0, 0.1) is 0 Å². The second-order valence-corrected chi connectivity index (χ2v) is 5.39. The van der Waals surface area contributed by atoms with Crippen molar-refractivity contribution in [1.29, 1.82) is 0 Å². The summed E-state index contributed by atoms with van der Waals surface area (Å²) in [6, 6.07) is 6.81. The van der Waals surface area contributed by atoms with Gasteiger partial charge in [-0.1, -0.05) is 23.9 Å². The minimum atomic E-state index is 0.431. The number of aromatic nitrogens is 3. The molecule has 0 bridgehead atoms. The minimum Gasteiger partial charge on any atom is -0.343 e. The number of fused-ring (bicyclic) bond motifs is 3. The number of nitrogens with zero attached hydrogens (tertiary/aromatic N) is 3. The van der Waals surface area contributed by atoms with Crippen molar-refractivity contribution >= 4 is 33.6 Å². The summed E-state index contributed by atoms with van der Waals surface area (Å²) in [7, 11) is 0. The van der Waals surface area contributed by atoms with Crippen LogP contribution in [0.4, 0.5) is 0 Å². The summed E-state index contributed by atoms with van der Waals surface area (Å²) in [6.45, 7) is 4.38. The standard InChI is InChI=1S/C14H15N3S/c1-9(2)17-7-6-10-4-5-11-8-15-14(18-3)16-12(11)13(10)17/h4-9H,1-3H3. The first-order chi connectivity index (χ1) is 8.70. The van der Waals surface area contributed by atoms with Crippen molar-refractivity contribution in [2.45, 2.75) is 25.0 Å². The zero-order chi connectivity index (χ0) is 12.7. The molecular weight excluding hydrogens is 242 g/mol. The fourth-order valence-electron chi connectivity index (χ4n) is 2.25. The maximum Gasteiger partial charge on any atom is 0.187 e. The van der Waals surface area contributed by atoms with Gasteiger partial charge in [-0.05, 0) is 26.2 Å². The van der Waals surface area contributed by atoms with Crippen LogP contribution in [0.2, 0.25) is 0 Å². The predicted molar refractivity (Wildman–Crippen MR) is 77.2 cm³/mol. The van der Waals surface area contributed by atoms with Gasteiger partial charge in [0, 0.05) is 29.2 Å². The molecule has 3 nitrogen and oxygen atoms in total. The lowest BCUT2D eigenvalue weighted by Gasteiger charge is -2.11. The maximum atomic E-state index is 4.67. The van der Waals surface area contributed by atoms with E-state index in [1.807, 2.05) is 12.5 Å². The second-order valence-electron chi connectivity index (χ2n) is 4.61. The third kappa shape index (κ3) is 1.68. The molecule has 0 spiro atoms. The Bertz CT molecular complexity index is 715. The Hall–Kier alpha value is -1.55. The topological polar surface area (TPSA) is 30.7 Å². The molecule has 3 rings (SSSR count). The number of benzene rings is 1. The van der Waals surface area contributed by atoms with E-state index >= 15 is 0 Å². The predicted octanol–water partition coefficient (Wildman–Crippen LogP) is 3.89. The van der Waals surface area contributed by atoms with Gasteiger partial charge in [0.1, 0.15) is 0 Å². The van der Waals surface area contributed by atoms with Crippen molar-refractivity contribution in [1.82, 2.24) is 14.5 Å². The summed E-state index contributed by atoms with van der Waals surface area (Å²) < 4.78 is 2.27. The minimum absolute atomic E-state index is 0.431. The normalized spacial score (nSPS) is 11.8. The molecule has 1 aromatic carbocycles. The second kappa shape index (κ2) is 4.28. The van der Waals surface area contributed by atoms with Gasteiger partial charge in [-0.25, -0.2) is 9.97 Å². The molecule has 0 aliphatic rings. The molecule has 0 saturated heterocycles. The summed E-state index contributed by atoms with van der Waals surface area (Å²) in [5.74, 6) is 0. The van der Waals surface area contributed by atoms with E-state index in [0.29, 0.717) is 6.04 Å². The monoisotopic (exact) mass is 257 g/mol. The number of hydrogen-bond acceptors (Lipinski definition) is 3. The summed E-state index contributed by atoms with van der Waals surface area (Å²) >= 11 is 1.58. The smallest absolute Gasteiger partial charge is 0.187 e. The van der Waals surface area contributed by atoms with Crippen LogP contribution in [0.15, 0.2) is 35.7 Å². The van der Waals surface area contributed by atoms with Crippen LogP contribution < -0.4 is 0 Å². The van der Waals surface area contributed by atoms with Gasteiger partial charge in [-0.15, -0.1) is 0 Å². The van der Waals surface area contributed by atoms with Gasteiger partial charge in [0.05, 0.1) is 11.0 Å². The molecule has 2 aromatic heterocycles. The summed E-state index contributed by atoms with van der Waals surface area (Å²) in [6.07, 6.45) is 6.05. The number of rotatable bonds is 2. The van der Waals surface area contributed by atoms with Crippen molar-refractivity contribution in [2.24, 2.45) is 0 Å². The maximum absolute atomic E-state index is 4.67. The number of hydrogen-bond donors (Lipinski definition) is 0. The van der Waals surface area contributed by atoms with Crippen LogP contribution in [0.25, 0.3) is 21.8 Å². The van der Waals surface area contributed by atoms with Crippen molar-refractivity contribution in [2.75, 3.05) is 6.26 Å². The van der Waals surface area contributed by atoms with Crippen LogP contribution in [0.3, 0.4) is 0 Å². The van der Waals surface area contributed by atoms with E-state index < -0.39 is 0 Å². The van der Waals surface area contributed by atoms with Gasteiger partial charge in [0.15, 0.2) is 5.16 Å². The Morgan fingerprint density at radius 1 is 1.17 bits per heavy atom. The Morgan fingerprint density at radius 3 is 2.67 bits per heavy atom. The summed E-state index contributed by atoms with van der Waals surface area (Å²) in [5.41, 5.74) is 2.26. The molecule has 2 heterocycles. The van der Waals surface area contributed by atoms with E-state index in [1.165, 1.54) is 10.9 Å². The lowest BCUT2D eigenvalue weighted by atomic mass is 10.2. The summed E-state index contributed by atoms with van der Waals surface area (Å²) in [4.78, 5) is 9.00. The molecule has 92 valence electrons. The van der Waals surface area contributed by atoms with Crippen LogP contribution >= 0.6 is 11.8 Å². The van der Waals surface area contributed by atoms with Gasteiger partial charge >= 0.3 is 0 Å². The van der Waals surface area contributed by atoms with Crippen molar-refractivity contribution in [3.63, 3.8) is 0 Å². The highest BCUT2D eigenvalue weighted by atomic mass is 32.2.